The van der Waals surface area contributed by atoms with Crippen molar-refractivity contribution in [1.82, 2.24) is 0 Å². The minimum atomic E-state index is -0.231. The first kappa shape index (κ1) is 10.3. The summed E-state index contributed by atoms with van der Waals surface area (Å²) in [6.07, 6.45) is 0. The summed E-state index contributed by atoms with van der Waals surface area (Å²) >= 11 is 0. The minimum Gasteiger partial charge on any atom is -0.322 e. The second-order valence-electron chi connectivity index (χ2n) is 4.50. The molecule has 1 rings (SSSR count). The summed E-state index contributed by atoms with van der Waals surface area (Å²) in [6, 6.07) is 8.52. The molecular weight excluding hydrogens is 158 g/mol. The van der Waals surface area contributed by atoms with Gasteiger partial charge in [0.1, 0.15) is 0 Å². The van der Waals surface area contributed by atoms with E-state index in [0.29, 0.717) is 5.92 Å². The van der Waals surface area contributed by atoms with Crippen molar-refractivity contribution in [2.24, 2.45) is 5.73 Å². The van der Waals surface area contributed by atoms with Gasteiger partial charge in [-0.05, 0) is 30.9 Å². The summed E-state index contributed by atoms with van der Waals surface area (Å²) in [4.78, 5) is 0. The van der Waals surface area contributed by atoms with Crippen LogP contribution >= 0.6 is 0 Å². The summed E-state index contributed by atoms with van der Waals surface area (Å²) in [5.74, 6) is 0.572. The van der Waals surface area contributed by atoms with Crippen molar-refractivity contribution in [1.29, 1.82) is 0 Å². The molecule has 1 heteroatoms. The van der Waals surface area contributed by atoms with Gasteiger partial charge in [-0.2, -0.15) is 0 Å². The number of hydrogen-bond acceptors (Lipinski definition) is 1. The molecule has 72 valence electrons. The second kappa shape index (κ2) is 3.51. The van der Waals surface area contributed by atoms with Crippen LogP contribution in [0.2, 0.25) is 0 Å². The molecule has 0 bridgehead atoms. The zero-order valence-corrected chi connectivity index (χ0v) is 8.96. The first-order chi connectivity index (χ1) is 5.91. The van der Waals surface area contributed by atoms with Crippen molar-refractivity contribution >= 4 is 0 Å². The Morgan fingerprint density at radius 2 is 1.85 bits per heavy atom. The van der Waals surface area contributed by atoms with E-state index in [2.05, 4.69) is 38.1 Å². The molecule has 0 saturated heterocycles. The van der Waals surface area contributed by atoms with Gasteiger partial charge >= 0.3 is 0 Å². The lowest BCUT2D eigenvalue weighted by Gasteiger charge is -2.20. The van der Waals surface area contributed by atoms with Crippen LogP contribution in [0.1, 0.15) is 44.7 Å². The van der Waals surface area contributed by atoms with Crippen LogP contribution in [0.5, 0.6) is 0 Å². The average molecular weight is 177 g/mol. The maximum atomic E-state index is 6.03. The Bertz CT molecular complexity index is 281. The average Bonchev–Trinajstić information content (AvgIpc) is 2.03. The van der Waals surface area contributed by atoms with Gasteiger partial charge in [-0.25, -0.2) is 0 Å². The molecule has 0 aromatic heterocycles. The van der Waals surface area contributed by atoms with Crippen LogP contribution in [0.15, 0.2) is 24.3 Å². The molecule has 0 fully saturated rings. The van der Waals surface area contributed by atoms with Crippen molar-refractivity contribution in [3.05, 3.63) is 35.4 Å². The third-order valence-electron chi connectivity index (χ3n) is 2.30. The number of nitrogens with two attached hydrogens (primary N) is 1. The van der Waals surface area contributed by atoms with Crippen LogP contribution in [0, 0.1) is 0 Å². The van der Waals surface area contributed by atoms with Crippen molar-refractivity contribution in [3.8, 4) is 0 Å². The Labute approximate surface area is 81.0 Å². The van der Waals surface area contributed by atoms with Gasteiger partial charge in [0.05, 0.1) is 0 Å². The monoisotopic (exact) mass is 177 g/mol. The molecular formula is C12H19N. The fourth-order valence-corrected chi connectivity index (χ4v) is 1.30. The number of benzene rings is 1. The van der Waals surface area contributed by atoms with Crippen molar-refractivity contribution in [2.45, 2.75) is 39.2 Å². The van der Waals surface area contributed by atoms with E-state index in [0.717, 1.165) is 0 Å². The summed E-state index contributed by atoms with van der Waals surface area (Å²) in [5.41, 5.74) is 8.36. The highest BCUT2D eigenvalue weighted by atomic mass is 14.7. The molecule has 1 aromatic carbocycles. The lowest BCUT2D eigenvalue weighted by Crippen LogP contribution is -2.28. The molecule has 1 aromatic rings. The Kier molecular flexibility index (Phi) is 2.77. The predicted octanol–water partition coefficient (Wildman–Crippen LogP) is 3.00. The lowest BCUT2D eigenvalue weighted by atomic mass is 9.91. The summed E-state index contributed by atoms with van der Waals surface area (Å²) in [6.45, 7) is 8.46. The second-order valence-corrected chi connectivity index (χ2v) is 4.50. The Balaban J connectivity index is 3.06. The normalized spacial score (nSPS) is 12.2. The van der Waals surface area contributed by atoms with Crippen LogP contribution in [0.4, 0.5) is 0 Å². The van der Waals surface area contributed by atoms with E-state index in [4.69, 9.17) is 5.73 Å². The van der Waals surface area contributed by atoms with Gasteiger partial charge in [-0.1, -0.05) is 38.1 Å². The molecule has 0 atom stereocenters. The first-order valence-electron chi connectivity index (χ1n) is 4.80. The Morgan fingerprint density at radius 1 is 1.23 bits per heavy atom. The highest BCUT2D eigenvalue weighted by Crippen LogP contribution is 2.21. The van der Waals surface area contributed by atoms with Gasteiger partial charge in [0.15, 0.2) is 0 Å². The minimum absolute atomic E-state index is 0.231. The van der Waals surface area contributed by atoms with E-state index in [-0.39, 0.29) is 5.54 Å². The van der Waals surface area contributed by atoms with Gasteiger partial charge in [0.25, 0.3) is 0 Å². The Morgan fingerprint density at radius 3 is 2.31 bits per heavy atom. The van der Waals surface area contributed by atoms with E-state index in [1.807, 2.05) is 13.8 Å². The smallest absolute Gasteiger partial charge is 0.0352 e. The molecule has 2 N–H and O–H groups in total. The fourth-order valence-electron chi connectivity index (χ4n) is 1.30. The lowest BCUT2D eigenvalue weighted by molar-refractivity contribution is 0.553. The quantitative estimate of drug-likeness (QED) is 0.738. The molecule has 0 spiro atoms. The van der Waals surface area contributed by atoms with Gasteiger partial charge in [-0.3, -0.25) is 0 Å². The third-order valence-corrected chi connectivity index (χ3v) is 2.30. The van der Waals surface area contributed by atoms with Crippen LogP contribution in [-0.2, 0) is 5.54 Å². The van der Waals surface area contributed by atoms with Crippen molar-refractivity contribution in [3.63, 3.8) is 0 Å². The topological polar surface area (TPSA) is 26.0 Å². The largest absolute Gasteiger partial charge is 0.322 e. The molecule has 0 radical (unpaired) electrons. The van der Waals surface area contributed by atoms with Gasteiger partial charge in [0.2, 0.25) is 0 Å². The standard InChI is InChI=1S/C12H19N/c1-9(2)10-6-5-7-11(8-10)12(3,4)13/h5-9H,13H2,1-4H3. The molecule has 0 aliphatic rings. The van der Waals surface area contributed by atoms with E-state index in [9.17, 15) is 0 Å². The summed E-state index contributed by atoms with van der Waals surface area (Å²) < 4.78 is 0. The summed E-state index contributed by atoms with van der Waals surface area (Å²) in [5, 5.41) is 0. The van der Waals surface area contributed by atoms with Crippen LogP contribution in [0.3, 0.4) is 0 Å². The van der Waals surface area contributed by atoms with Gasteiger partial charge in [-0.15, -0.1) is 0 Å². The molecule has 0 heterocycles. The van der Waals surface area contributed by atoms with Crippen LogP contribution in [0.25, 0.3) is 0 Å². The summed E-state index contributed by atoms with van der Waals surface area (Å²) in [7, 11) is 0. The van der Waals surface area contributed by atoms with Crippen LogP contribution < -0.4 is 5.73 Å². The molecule has 0 saturated carbocycles. The van der Waals surface area contributed by atoms with E-state index in [1.54, 1.807) is 0 Å². The van der Waals surface area contributed by atoms with Crippen LogP contribution in [-0.4, -0.2) is 0 Å². The zero-order valence-electron chi connectivity index (χ0n) is 8.96. The third kappa shape index (κ3) is 2.56. The molecule has 0 amide bonds. The highest BCUT2D eigenvalue weighted by Gasteiger charge is 2.14. The fraction of sp³-hybridized carbons (Fsp3) is 0.500. The SMILES string of the molecule is CC(C)c1cccc(C(C)(C)N)c1. The molecule has 0 aliphatic heterocycles. The number of hydrogen-bond donors (Lipinski definition) is 1. The predicted molar refractivity (Wildman–Crippen MR) is 57.7 cm³/mol. The molecule has 13 heavy (non-hydrogen) atoms. The zero-order chi connectivity index (χ0) is 10.1. The van der Waals surface area contributed by atoms with Crippen molar-refractivity contribution < 1.29 is 0 Å². The van der Waals surface area contributed by atoms with E-state index >= 15 is 0 Å². The van der Waals surface area contributed by atoms with E-state index < -0.39 is 0 Å². The first-order valence-corrected chi connectivity index (χ1v) is 4.80. The van der Waals surface area contributed by atoms with E-state index in [1.165, 1.54) is 11.1 Å². The molecule has 0 unspecified atom stereocenters. The van der Waals surface area contributed by atoms with Gasteiger partial charge in [0, 0.05) is 5.54 Å². The van der Waals surface area contributed by atoms with Gasteiger partial charge < -0.3 is 5.73 Å². The maximum absolute atomic E-state index is 6.03. The molecule has 0 aliphatic carbocycles. The molecule has 1 nitrogen and oxygen atoms in total. The Hall–Kier alpha value is -0.820. The highest BCUT2D eigenvalue weighted by molar-refractivity contribution is 5.29. The van der Waals surface area contributed by atoms with Crippen molar-refractivity contribution in [2.75, 3.05) is 0 Å². The number of rotatable bonds is 2. The maximum Gasteiger partial charge on any atom is 0.0352 e.